The molecule has 1 aliphatic carbocycles. The molecule has 1 aliphatic rings. The lowest BCUT2D eigenvalue weighted by Gasteiger charge is -2.23. The van der Waals surface area contributed by atoms with Gasteiger partial charge in [-0.05, 0) is 58.5 Å². The van der Waals surface area contributed by atoms with Crippen molar-refractivity contribution in [3.05, 3.63) is 63.9 Å². The number of nitrogens with zero attached hydrogens (tertiary/aromatic N) is 1. The minimum atomic E-state index is 0.148. The van der Waals surface area contributed by atoms with Crippen LogP contribution >= 0.6 is 15.9 Å². The van der Waals surface area contributed by atoms with Crippen molar-refractivity contribution in [2.24, 2.45) is 5.92 Å². The molecule has 102 valence electrons. The molecule has 3 heteroatoms. The number of ketones is 1. The number of Topliss-reactive ketones (excluding diaryl/α,β-unsaturated/α-hetero) is 1. The molecule has 1 aromatic heterocycles. The maximum Gasteiger partial charge on any atom is 0.142 e. The van der Waals surface area contributed by atoms with Crippen molar-refractivity contribution in [3.8, 4) is 0 Å². The summed E-state index contributed by atoms with van der Waals surface area (Å²) in [5.41, 5.74) is 3.59. The molecule has 0 aliphatic heterocycles. The third-order valence-electron chi connectivity index (χ3n) is 3.95. The highest BCUT2D eigenvalue weighted by molar-refractivity contribution is 9.10. The van der Waals surface area contributed by atoms with E-state index in [1.54, 1.807) is 6.20 Å². The van der Waals surface area contributed by atoms with Crippen LogP contribution in [0.3, 0.4) is 0 Å². The monoisotopic (exact) mass is 329 g/mol. The topological polar surface area (TPSA) is 30.0 Å². The number of carbonyl (C=O) groups excluding carboxylic acids is 1. The molecule has 1 atom stereocenters. The van der Waals surface area contributed by atoms with Gasteiger partial charge in [-0.3, -0.25) is 9.78 Å². The van der Waals surface area contributed by atoms with Gasteiger partial charge in [-0.2, -0.15) is 0 Å². The van der Waals surface area contributed by atoms with E-state index in [1.807, 2.05) is 12.1 Å². The van der Waals surface area contributed by atoms with E-state index in [-0.39, 0.29) is 5.92 Å². The summed E-state index contributed by atoms with van der Waals surface area (Å²) >= 11 is 3.36. The second-order valence-corrected chi connectivity index (χ2v) is 6.23. The minimum Gasteiger partial charge on any atom is -0.299 e. The van der Waals surface area contributed by atoms with Crippen LogP contribution in [0.1, 0.15) is 23.2 Å². The maximum atomic E-state index is 12.4. The average molecular weight is 330 g/mol. The molecule has 0 fully saturated rings. The summed E-state index contributed by atoms with van der Waals surface area (Å²) in [5.74, 6) is 0.463. The van der Waals surface area contributed by atoms with Crippen molar-refractivity contribution in [3.63, 3.8) is 0 Å². The van der Waals surface area contributed by atoms with Gasteiger partial charge in [0.15, 0.2) is 0 Å². The lowest BCUT2D eigenvalue weighted by atomic mass is 9.81. The number of benzene rings is 1. The molecule has 0 spiro atoms. The van der Waals surface area contributed by atoms with Crippen LogP contribution in [-0.4, -0.2) is 10.8 Å². The predicted molar refractivity (Wildman–Crippen MR) is 82.6 cm³/mol. The Morgan fingerprint density at radius 1 is 1.20 bits per heavy atom. The molecular formula is C17H16BrNO. The zero-order valence-corrected chi connectivity index (χ0v) is 12.8. The van der Waals surface area contributed by atoms with Crippen LogP contribution in [0, 0.1) is 5.92 Å². The lowest BCUT2D eigenvalue weighted by molar-refractivity contribution is -0.122. The van der Waals surface area contributed by atoms with Gasteiger partial charge >= 0.3 is 0 Å². The van der Waals surface area contributed by atoms with Gasteiger partial charge in [-0.25, -0.2) is 0 Å². The summed E-state index contributed by atoms with van der Waals surface area (Å²) in [6, 6.07) is 12.3. The van der Waals surface area contributed by atoms with Crippen LogP contribution in [0.2, 0.25) is 0 Å². The quantitative estimate of drug-likeness (QED) is 0.858. The Morgan fingerprint density at radius 2 is 2.00 bits per heavy atom. The van der Waals surface area contributed by atoms with Crippen molar-refractivity contribution in [1.82, 2.24) is 4.98 Å². The number of hydrogen-bond donors (Lipinski definition) is 0. The molecule has 1 unspecified atom stereocenters. The van der Waals surface area contributed by atoms with E-state index < -0.39 is 0 Å². The normalized spacial score (nSPS) is 17.6. The molecule has 0 saturated heterocycles. The highest BCUT2D eigenvalue weighted by Gasteiger charge is 2.24. The predicted octanol–water partition coefficient (Wildman–Crippen LogP) is 3.76. The summed E-state index contributed by atoms with van der Waals surface area (Å²) in [7, 11) is 0. The minimum absolute atomic E-state index is 0.148. The first kappa shape index (κ1) is 13.5. The van der Waals surface area contributed by atoms with Crippen molar-refractivity contribution in [1.29, 1.82) is 0 Å². The van der Waals surface area contributed by atoms with Gasteiger partial charge in [0.05, 0.1) is 0 Å². The van der Waals surface area contributed by atoms with E-state index in [9.17, 15) is 4.79 Å². The molecule has 0 N–H and O–H groups in total. The fraction of sp³-hybridized carbons (Fsp3) is 0.294. The lowest BCUT2D eigenvalue weighted by Crippen LogP contribution is -2.24. The van der Waals surface area contributed by atoms with Crippen LogP contribution in [0.15, 0.2) is 47.1 Å². The molecule has 0 saturated carbocycles. The standard InChI is InChI=1S/C17H16BrNO/c18-15-7-8-16(19-11-15)10-17(20)14-6-5-12-3-1-2-4-13(12)9-14/h1-4,7-8,11,14H,5-6,9-10H2. The maximum absolute atomic E-state index is 12.4. The molecule has 0 radical (unpaired) electrons. The average Bonchev–Trinajstić information content (AvgIpc) is 2.49. The molecule has 2 nitrogen and oxygen atoms in total. The molecule has 1 heterocycles. The SMILES string of the molecule is O=C(Cc1ccc(Br)cn1)C1CCc2ccccc2C1. The highest BCUT2D eigenvalue weighted by Crippen LogP contribution is 2.26. The second-order valence-electron chi connectivity index (χ2n) is 5.32. The number of aryl methyl sites for hydroxylation is 1. The summed E-state index contributed by atoms with van der Waals surface area (Å²) < 4.78 is 0.945. The third-order valence-corrected chi connectivity index (χ3v) is 4.42. The van der Waals surface area contributed by atoms with Crippen LogP contribution in [0.25, 0.3) is 0 Å². The molecule has 1 aromatic carbocycles. The number of halogens is 1. The van der Waals surface area contributed by atoms with Crippen LogP contribution in [-0.2, 0) is 24.1 Å². The fourth-order valence-electron chi connectivity index (χ4n) is 2.81. The first-order valence-electron chi connectivity index (χ1n) is 6.92. The van der Waals surface area contributed by atoms with E-state index in [0.717, 1.165) is 29.4 Å². The Labute approximate surface area is 127 Å². The molecule has 2 aromatic rings. The van der Waals surface area contributed by atoms with Crippen molar-refractivity contribution in [2.45, 2.75) is 25.7 Å². The van der Waals surface area contributed by atoms with Crippen molar-refractivity contribution < 1.29 is 4.79 Å². The molecule has 3 rings (SSSR count). The molecule has 0 amide bonds. The molecular weight excluding hydrogens is 314 g/mol. The van der Waals surface area contributed by atoms with Gasteiger partial charge in [0.25, 0.3) is 0 Å². The number of aromatic nitrogens is 1. The second kappa shape index (κ2) is 5.88. The van der Waals surface area contributed by atoms with Gasteiger partial charge in [0.2, 0.25) is 0 Å². The number of fused-ring (bicyclic) bond motifs is 1. The first-order valence-corrected chi connectivity index (χ1v) is 7.71. The highest BCUT2D eigenvalue weighted by atomic mass is 79.9. The van der Waals surface area contributed by atoms with Gasteiger partial charge in [-0.1, -0.05) is 24.3 Å². The zero-order chi connectivity index (χ0) is 13.9. The van der Waals surface area contributed by atoms with Crippen molar-refractivity contribution >= 4 is 21.7 Å². The Morgan fingerprint density at radius 3 is 2.75 bits per heavy atom. The Bertz CT molecular complexity index is 621. The van der Waals surface area contributed by atoms with Gasteiger partial charge in [0.1, 0.15) is 5.78 Å². The number of pyridine rings is 1. The van der Waals surface area contributed by atoms with Gasteiger partial charge < -0.3 is 0 Å². The largest absolute Gasteiger partial charge is 0.299 e. The van der Waals surface area contributed by atoms with Crippen molar-refractivity contribution in [2.75, 3.05) is 0 Å². The third kappa shape index (κ3) is 2.98. The van der Waals surface area contributed by atoms with Gasteiger partial charge in [-0.15, -0.1) is 0 Å². The van der Waals surface area contributed by atoms with Crippen LogP contribution < -0.4 is 0 Å². The van der Waals surface area contributed by atoms with E-state index in [1.165, 1.54) is 11.1 Å². The van der Waals surface area contributed by atoms with E-state index in [2.05, 4.69) is 45.2 Å². The fourth-order valence-corrected chi connectivity index (χ4v) is 3.04. The Kier molecular flexibility index (Phi) is 3.97. The van der Waals surface area contributed by atoms with E-state index in [4.69, 9.17) is 0 Å². The van der Waals surface area contributed by atoms with E-state index >= 15 is 0 Å². The first-order chi connectivity index (χ1) is 9.72. The smallest absolute Gasteiger partial charge is 0.142 e. The Hall–Kier alpha value is -1.48. The summed E-state index contributed by atoms with van der Waals surface area (Å²) in [6.45, 7) is 0. The molecule has 20 heavy (non-hydrogen) atoms. The summed E-state index contributed by atoms with van der Waals surface area (Å²) in [4.78, 5) is 16.7. The number of carbonyl (C=O) groups is 1. The van der Waals surface area contributed by atoms with Gasteiger partial charge in [0, 0.05) is 28.7 Å². The Balaban J connectivity index is 1.68. The summed E-state index contributed by atoms with van der Waals surface area (Å²) in [6.07, 6.45) is 5.05. The van der Waals surface area contributed by atoms with Crippen LogP contribution in [0.5, 0.6) is 0 Å². The van der Waals surface area contributed by atoms with E-state index in [0.29, 0.717) is 12.2 Å². The number of rotatable bonds is 3. The summed E-state index contributed by atoms with van der Waals surface area (Å²) in [5, 5.41) is 0. The van der Waals surface area contributed by atoms with Crippen LogP contribution in [0.4, 0.5) is 0 Å². The molecule has 0 bridgehead atoms. The zero-order valence-electron chi connectivity index (χ0n) is 11.2. The number of hydrogen-bond acceptors (Lipinski definition) is 2.